The number of carbonyl (C=O) groups is 2. The number of nitrogens with one attached hydrogen (secondary N) is 1. The van der Waals surface area contributed by atoms with E-state index in [1.54, 1.807) is 0 Å². The Morgan fingerprint density at radius 1 is 1.15 bits per heavy atom. The highest BCUT2D eigenvalue weighted by Crippen LogP contribution is 2.50. The van der Waals surface area contributed by atoms with Gasteiger partial charge in [0.25, 0.3) is 0 Å². The van der Waals surface area contributed by atoms with Crippen LogP contribution >= 0.6 is 0 Å². The fourth-order valence-electron chi connectivity index (χ4n) is 3.31. The second-order valence-electron chi connectivity index (χ2n) is 5.36. The lowest BCUT2D eigenvalue weighted by atomic mass is 9.77. The lowest BCUT2D eigenvalue weighted by Crippen LogP contribution is -2.43. The minimum atomic E-state index is -0.769. The third-order valence-corrected chi connectivity index (χ3v) is 4.23. The molecule has 0 saturated carbocycles. The normalized spacial score (nSPS) is 37.1. The molecule has 0 aliphatic carbocycles. The van der Waals surface area contributed by atoms with E-state index in [1.165, 1.54) is 0 Å². The van der Waals surface area contributed by atoms with Crippen LogP contribution in [0, 0.1) is 11.8 Å². The Bertz CT molecular complexity index is 612. The number of para-hydroxylation sites is 1. The quantitative estimate of drug-likeness (QED) is 0.507. The zero-order chi connectivity index (χ0) is 13.7. The number of rotatable bonds is 3. The number of ether oxygens (including phenoxy) is 2. The smallest absolute Gasteiger partial charge is 0.320 e. The molecule has 4 atom stereocenters. The molecule has 1 N–H and O–H groups in total. The number of carbonyl (C=O) groups excluding carboxylic acids is 2. The molecule has 102 valence electrons. The number of anilines is 1. The van der Waals surface area contributed by atoms with Crippen LogP contribution in [0.3, 0.4) is 0 Å². The average Bonchev–Trinajstić information content (AvgIpc) is 3.10. The Hall–Kier alpha value is -2.14. The largest absolute Gasteiger partial charge is 0.393 e. The van der Waals surface area contributed by atoms with Crippen molar-refractivity contribution in [2.24, 2.45) is 11.8 Å². The molecule has 20 heavy (non-hydrogen) atoms. The van der Waals surface area contributed by atoms with E-state index in [1.807, 2.05) is 42.5 Å². The predicted octanol–water partition coefficient (Wildman–Crippen LogP) is 1.12. The van der Waals surface area contributed by atoms with E-state index >= 15 is 0 Å². The van der Waals surface area contributed by atoms with Gasteiger partial charge in [0.1, 0.15) is 17.4 Å². The fourth-order valence-corrected chi connectivity index (χ4v) is 3.31. The van der Waals surface area contributed by atoms with Gasteiger partial charge < -0.3 is 14.8 Å². The van der Waals surface area contributed by atoms with Crippen molar-refractivity contribution in [3.8, 4) is 0 Å². The summed E-state index contributed by atoms with van der Waals surface area (Å²) in [6.07, 6.45) is 3.40. The van der Waals surface area contributed by atoms with E-state index in [2.05, 4.69) is 5.32 Å². The van der Waals surface area contributed by atoms with Crippen LogP contribution in [-0.2, 0) is 19.1 Å². The van der Waals surface area contributed by atoms with Crippen LogP contribution in [0.2, 0.25) is 0 Å². The molecule has 3 heterocycles. The molecule has 2 saturated heterocycles. The molecule has 5 nitrogen and oxygen atoms in total. The number of esters is 2. The van der Waals surface area contributed by atoms with E-state index in [-0.39, 0.29) is 6.10 Å². The molecule has 5 heteroatoms. The van der Waals surface area contributed by atoms with E-state index in [9.17, 15) is 9.59 Å². The molecular formula is C15H13NO4. The Balaban J connectivity index is 1.60. The van der Waals surface area contributed by atoms with Gasteiger partial charge in [0, 0.05) is 12.2 Å². The van der Waals surface area contributed by atoms with Gasteiger partial charge in [-0.2, -0.15) is 0 Å². The Kier molecular flexibility index (Phi) is 2.29. The zero-order valence-electron chi connectivity index (χ0n) is 10.6. The van der Waals surface area contributed by atoms with Crippen LogP contribution in [0.5, 0.6) is 0 Å². The first-order chi connectivity index (χ1) is 9.70. The highest BCUT2D eigenvalue weighted by molar-refractivity contribution is 5.99. The van der Waals surface area contributed by atoms with Crippen molar-refractivity contribution >= 4 is 17.6 Å². The summed E-state index contributed by atoms with van der Waals surface area (Å²) in [6.45, 7) is 0.438. The molecule has 0 spiro atoms. The zero-order valence-corrected chi connectivity index (χ0v) is 10.6. The van der Waals surface area contributed by atoms with Crippen LogP contribution in [0.25, 0.3) is 0 Å². The second kappa shape index (κ2) is 3.93. The van der Waals surface area contributed by atoms with Crippen molar-refractivity contribution in [1.29, 1.82) is 0 Å². The van der Waals surface area contributed by atoms with Crippen molar-refractivity contribution in [3.63, 3.8) is 0 Å². The fraction of sp³-hybridized carbons (Fsp3) is 0.333. The van der Waals surface area contributed by atoms with Crippen molar-refractivity contribution < 1.29 is 19.1 Å². The summed E-state index contributed by atoms with van der Waals surface area (Å²) < 4.78 is 10.7. The highest BCUT2D eigenvalue weighted by atomic mass is 16.6. The SMILES string of the molecule is O=C1OC(=O)[C@H]2[C@@H]1[C@H]1C=C[C@@]2(CNc2ccccc2)O1. The predicted molar refractivity (Wildman–Crippen MR) is 69.8 cm³/mol. The van der Waals surface area contributed by atoms with Gasteiger partial charge in [0.05, 0.1) is 6.10 Å². The van der Waals surface area contributed by atoms with Crippen molar-refractivity contribution in [1.82, 2.24) is 0 Å². The van der Waals surface area contributed by atoms with Crippen LogP contribution in [0.1, 0.15) is 0 Å². The average molecular weight is 271 g/mol. The van der Waals surface area contributed by atoms with Gasteiger partial charge in [0.2, 0.25) is 0 Å². The van der Waals surface area contributed by atoms with E-state index < -0.39 is 29.4 Å². The molecule has 0 aromatic heterocycles. The summed E-state index contributed by atoms with van der Waals surface area (Å²) in [5.41, 5.74) is 0.178. The molecule has 0 unspecified atom stereocenters. The molecule has 3 aliphatic heterocycles. The number of fused-ring (bicyclic) bond motifs is 5. The summed E-state index contributed by atoms with van der Waals surface area (Å²) in [7, 11) is 0. The minimum Gasteiger partial charge on any atom is -0.393 e. The minimum absolute atomic E-state index is 0.337. The number of hydrogen-bond donors (Lipinski definition) is 1. The molecule has 0 amide bonds. The molecule has 0 radical (unpaired) electrons. The van der Waals surface area contributed by atoms with Gasteiger partial charge in [-0.1, -0.05) is 30.4 Å². The molecule has 1 aromatic carbocycles. The monoisotopic (exact) mass is 271 g/mol. The first kappa shape index (κ1) is 11.7. The topological polar surface area (TPSA) is 64.6 Å². The van der Waals surface area contributed by atoms with E-state index in [0.717, 1.165) is 5.69 Å². The van der Waals surface area contributed by atoms with E-state index in [4.69, 9.17) is 9.47 Å². The first-order valence-corrected chi connectivity index (χ1v) is 6.61. The number of cyclic esters (lactones) is 2. The van der Waals surface area contributed by atoms with Gasteiger partial charge in [-0.3, -0.25) is 9.59 Å². The molecule has 2 fully saturated rings. The van der Waals surface area contributed by atoms with Crippen molar-refractivity contribution in [2.75, 3.05) is 11.9 Å². The highest BCUT2D eigenvalue weighted by Gasteiger charge is 2.66. The Morgan fingerprint density at radius 2 is 1.95 bits per heavy atom. The number of hydrogen-bond acceptors (Lipinski definition) is 5. The van der Waals surface area contributed by atoms with Crippen molar-refractivity contribution in [2.45, 2.75) is 11.7 Å². The summed E-state index contributed by atoms with van der Waals surface area (Å²) in [5.74, 6) is -1.94. The van der Waals surface area contributed by atoms with Crippen molar-refractivity contribution in [3.05, 3.63) is 42.5 Å². The van der Waals surface area contributed by atoms with Gasteiger partial charge >= 0.3 is 11.9 Å². The van der Waals surface area contributed by atoms with Crippen LogP contribution in [0.4, 0.5) is 5.69 Å². The lowest BCUT2D eigenvalue weighted by molar-refractivity contribution is -0.158. The molecule has 3 aliphatic rings. The Morgan fingerprint density at radius 3 is 2.75 bits per heavy atom. The molecule has 1 aromatic rings. The molecule has 2 bridgehead atoms. The van der Waals surface area contributed by atoms with Gasteiger partial charge in [0.15, 0.2) is 0 Å². The van der Waals surface area contributed by atoms with Crippen LogP contribution in [0.15, 0.2) is 42.5 Å². The standard InChI is InChI=1S/C15H13NO4/c17-13-11-10-6-7-15(20-10,12(11)14(18)19-13)8-16-9-4-2-1-3-5-9/h1-7,10-12,16H,8H2/t10-,11+,12-,15+/m1/s1. The maximum absolute atomic E-state index is 11.9. The summed E-state index contributed by atoms with van der Waals surface area (Å²) in [4.78, 5) is 23.6. The second-order valence-corrected chi connectivity index (χ2v) is 5.36. The maximum atomic E-state index is 11.9. The summed E-state index contributed by atoms with van der Waals surface area (Å²) in [6, 6.07) is 9.68. The molecular weight excluding hydrogens is 258 g/mol. The van der Waals surface area contributed by atoms with Gasteiger partial charge in [-0.15, -0.1) is 0 Å². The lowest BCUT2D eigenvalue weighted by Gasteiger charge is -2.27. The van der Waals surface area contributed by atoms with Crippen LogP contribution < -0.4 is 5.32 Å². The molecule has 4 rings (SSSR count). The summed E-state index contributed by atoms with van der Waals surface area (Å²) in [5, 5.41) is 3.26. The van der Waals surface area contributed by atoms with E-state index in [0.29, 0.717) is 6.54 Å². The maximum Gasteiger partial charge on any atom is 0.320 e. The van der Waals surface area contributed by atoms with Gasteiger partial charge in [-0.05, 0) is 12.1 Å². The Labute approximate surface area is 115 Å². The third kappa shape index (κ3) is 1.47. The van der Waals surface area contributed by atoms with Crippen LogP contribution in [-0.4, -0.2) is 30.2 Å². The number of benzene rings is 1. The third-order valence-electron chi connectivity index (χ3n) is 4.23. The van der Waals surface area contributed by atoms with Gasteiger partial charge in [-0.25, -0.2) is 0 Å². The summed E-state index contributed by atoms with van der Waals surface area (Å²) >= 11 is 0. The first-order valence-electron chi connectivity index (χ1n) is 6.61.